The first-order valence-electron chi connectivity index (χ1n) is 6.94. The zero-order chi connectivity index (χ0) is 14.0. The third-order valence-corrected chi connectivity index (χ3v) is 4.06. The Morgan fingerprint density at radius 1 is 1.37 bits per heavy atom. The molecular weight excluding hydrogens is 242 g/mol. The zero-order valence-electron chi connectivity index (χ0n) is 11.7. The van der Waals surface area contributed by atoms with Crippen LogP contribution >= 0.6 is 0 Å². The molecule has 0 bridgehead atoms. The van der Waals surface area contributed by atoms with Gasteiger partial charge >= 0.3 is 0 Å². The Kier molecular flexibility index (Phi) is 3.79. The number of rotatable bonds is 3. The second kappa shape index (κ2) is 5.20. The van der Waals surface area contributed by atoms with E-state index in [1.807, 2.05) is 13.8 Å². The Hall–Kier alpha value is -1.57. The van der Waals surface area contributed by atoms with Crippen LogP contribution in [0.25, 0.3) is 0 Å². The molecule has 0 aromatic carbocycles. The van der Waals surface area contributed by atoms with Crippen LogP contribution in [0.3, 0.4) is 0 Å². The molecule has 0 spiro atoms. The van der Waals surface area contributed by atoms with Crippen molar-refractivity contribution < 1.29 is 9.59 Å². The van der Waals surface area contributed by atoms with Gasteiger partial charge in [-0.05, 0) is 39.5 Å². The minimum absolute atomic E-state index is 0.0547. The fourth-order valence-electron chi connectivity index (χ4n) is 2.69. The molecular formula is C14H21N3O2. The van der Waals surface area contributed by atoms with Crippen molar-refractivity contribution >= 4 is 11.8 Å². The molecule has 0 N–H and O–H groups in total. The molecule has 0 aromatic rings. The van der Waals surface area contributed by atoms with Crippen LogP contribution < -0.4 is 0 Å². The van der Waals surface area contributed by atoms with Gasteiger partial charge in [0, 0.05) is 13.1 Å². The summed E-state index contributed by atoms with van der Waals surface area (Å²) in [5.74, 6) is 0.118. The number of hydrogen-bond acceptors (Lipinski definition) is 3. The van der Waals surface area contributed by atoms with E-state index in [1.54, 1.807) is 9.80 Å². The molecule has 2 aliphatic rings. The number of nitrogens with zero attached hydrogens (tertiary/aromatic N) is 3. The third-order valence-electron chi connectivity index (χ3n) is 4.06. The van der Waals surface area contributed by atoms with Crippen molar-refractivity contribution in [3.05, 3.63) is 0 Å². The summed E-state index contributed by atoms with van der Waals surface area (Å²) in [5.41, 5.74) is -0.451. The van der Waals surface area contributed by atoms with Gasteiger partial charge in [0.25, 0.3) is 0 Å². The van der Waals surface area contributed by atoms with Crippen LogP contribution in [0, 0.1) is 16.7 Å². The lowest BCUT2D eigenvalue weighted by Gasteiger charge is -2.43. The quantitative estimate of drug-likeness (QED) is 0.767. The molecule has 104 valence electrons. The predicted molar refractivity (Wildman–Crippen MR) is 69.9 cm³/mol. The molecule has 2 aliphatic heterocycles. The van der Waals surface area contributed by atoms with E-state index in [2.05, 4.69) is 6.07 Å². The van der Waals surface area contributed by atoms with Gasteiger partial charge in [-0.3, -0.25) is 9.59 Å². The summed E-state index contributed by atoms with van der Waals surface area (Å²) in [6, 6.07) is 1.98. The van der Waals surface area contributed by atoms with Crippen LogP contribution in [0.15, 0.2) is 0 Å². The minimum atomic E-state index is -0.451. The van der Waals surface area contributed by atoms with E-state index in [4.69, 9.17) is 5.26 Å². The van der Waals surface area contributed by atoms with E-state index in [1.165, 1.54) is 0 Å². The standard InChI is InChI=1S/C14H21N3O2/c1-14(2,10-15)6-8-16-9-12(18)17-7-4-3-5-11(17)13(16)19/h11H,3-9H2,1-2H3. The summed E-state index contributed by atoms with van der Waals surface area (Å²) in [5, 5.41) is 9.00. The maximum Gasteiger partial charge on any atom is 0.245 e. The van der Waals surface area contributed by atoms with Gasteiger partial charge < -0.3 is 9.80 Å². The predicted octanol–water partition coefficient (Wildman–Crippen LogP) is 1.15. The van der Waals surface area contributed by atoms with Crippen molar-refractivity contribution in [1.29, 1.82) is 5.26 Å². The highest BCUT2D eigenvalue weighted by atomic mass is 16.2. The SMILES string of the molecule is CC(C)(C#N)CCN1CC(=O)N2CCCCC2C1=O. The molecule has 2 heterocycles. The van der Waals surface area contributed by atoms with Gasteiger partial charge in [0.1, 0.15) is 6.04 Å². The van der Waals surface area contributed by atoms with Crippen molar-refractivity contribution in [2.45, 2.75) is 45.6 Å². The van der Waals surface area contributed by atoms with Gasteiger partial charge in [0.05, 0.1) is 18.0 Å². The van der Waals surface area contributed by atoms with Crippen molar-refractivity contribution in [2.24, 2.45) is 5.41 Å². The van der Waals surface area contributed by atoms with E-state index >= 15 is 0 Å². The van der Waals surface area contributed by atoms with Crippen molar-refractivity contribution in [1.82, 2.24) is 9.80 Å². The maximum absolute atomic E-state index is 12.4. The van der Waals surface area contributed by atoms with Crippen LogP contribution in [0.2, 0.25) is 0 Å². The molecule has 1 unspecified atom stereocenters. The summed E-state index contributed by atoms with van der Waals surface area (Å²) in [7, 11) is 0. The second-order valence-corrected chi connectivity index (χ2v) is 6.10. The number of carbonyl (C=O) groups is 2. The number of carbonyl (C=O) groups excluding carboxylic acids is 2. The Bertz CT molecular complexity index is 425. The highest BCUT2D eigenvalue weighted by Gasteiger charge is 2.40. The molecule has 19 heavy (non-hydrogen) atoms. The van der Waals surface area contributed by atoms with Crippen LogP contribution in [-0.4, -0.2) is 47.3 Å². The molecule has 0 radical (unpaired) electrons. The molecule has 0 saturated carbocycles. The highest BCUT2D eigenvalue weighted by molar-refractivity contribution is 5.95. The molecule has 2 saturated heterocycles. The van der Waals surface area contributed by atoms with Gasteiger partial charge in [0.2, 0.25) is 11.8 Å². The minimum Gasteiger partial charge on any atom is -0.332 e. The lowest BCUT2D eigenvalue weighted by Crippen LogP contribution is -2.61. The van der Waals surface area contributed by atoms with E-state index < -0.39 is 5.41 Å². The van der Waals surface area contributed by atoms with Crippen LogP contribution in [-0.2, 0) is 9.59 Å². The van der Waals surface area contributed by atoms with E-state index in [0.717, 1.165) is 19.3 Å². The summed E-state index contributed by atoms with van der Waals surface area (Å²) < 4.78 is 0. The zero-order valence-corrected chi connectivity index (χ0v) is 11.7. The Balaban J connectivity index is 2.01. The van der Waals surface area contributed by atoms with Crippen LogP contribution in [0.1, 0.15) is 39.5 Å². The number of hydrogen-bond donors (Lipinski definition) is 0. The lowest BCUT2D eigenvalue weighted by molar-refractivity contribution is -0.157. The number of nitriles is 1. The average Bonchev–Trinajstić information content (AvgIpc) is 2.41. The summed E-state index contributed by atoms with van der Waals surface area (Å²) in [6.07, 6.45) is 3.40. The molecule has 0 aromatic heterocycles. The van der Waals surface area contributed by atoms with Gasteiger partial charge in [-0.25, -0.2) is 0 Å². The first-order chi connectivity index (χ1) is 8.94. The maximum atomic E-state index is 12.4. The molecule has 2 rings (SSSR count). The molecule has 2 fully saturated rings. The second-order valence-electron chi connectivity index (χ2n) is 6.10. The summed E-state index contributed by atoms with van der Waals surface area (Å²) in [4.78, 5) is 27.8. The molecule has 5 nitrogen and oxygen atoms in total. The van der Waals surface area contributed by atoms with E-state index in [-0.39, 0.29) is 24.4 Å². The van der Waals surface area contributed by atoms with Crippen LogP contribution in [0.5, 0.6) is 0 Å². The van der Waals surface area contributed by atoms with Gasteiger partial charge in [-0.15, -0.1) is 0 Å². The Morgan fingerprint density at radius 2 is 2.11 bits per heavy atom. The summed E-state index contributed by atoms with van der Waals surface area (Å²) >= 11 is 0. The van der Waals surface area contributed by atoms with E-state index in [9.17, 15) is 9.59 Å². The van der Waals surface area contributed by atoms with Crippen molar-refractivity contribution in [2.75, 3.05) is 19.6 Å². The smallest absolute Gasteiger partial charge is 0.245 e. The highest BCUT2D eigenvalue weighted by Crippen LogP contribution is 2.25. The molecule has 0 aliphatic carbocycles. The number of piperazine rings is 1. The fourth-order valence-corrected chi connectivity index (χ4v) is 2.69. The lowest BCUT2D eigenvalue weighted by atomic mass is 9.90. The summed E-state index contributed by atoms with van der Waals surface area (Å²) in [6.45, 7) is 5.10. The molecule has 5 heteroatoms. The van der Waals surface area contributed by atoms with Crippen molar-refractivity contribution in [3.8, 4) is 6.07 Å². The largest absolute Gasteiger partial charge is 0.332 e. The normalized spacial score (nSPS) is 24.2. The first-order valence-corrected chi connectivity index (χ1v) is 6.94. The Morgan fingerprint density at radius 3 is 2.79 bits per heavy atom. The van der Waals surface area contributed by atoms with E-state index in [0.29, 0.717) is 19.5 Å². The Labute approximate surface area is 114 Å². The molecule has 1 atom stereocenters. The monoisotopic (exact) mass is 263 g/mol. The average molecular weight is 263 g/mol. The first kappa shape index (κ1) is 13.9. The van der Waals surface area contributed by atoms with Gasteiger partial charge in [-0.2, -0.15) is 5.26 Å². The van der Waals surface area contributed by atoms with Crippen molar-refractivity contribution in [3.63, 3.8) is 0 Å². The number of fused-ring (bicyclic) bond motifs is 1. The topological polar surface area (TPSA) is 64.4 Å². The number of piperidine rings is 1. The molecule has 2 amide bonds. The number of amides is 2. The fraction of sp³-hybridized carbons (Fsp3) is 0.786. The third kappa shape index (κ3) is 2.89. The van der Waals surface area contributed by atoms with Crippen LogP contribution in [0.4, 0.5) is 0 Å². The van der Waals surface area contributed by atoms with Gasteiger partial charge in [0.15, 0.2) is 0 Å². The van der Waals surface area contributed by atoms with Gasteiger partial charge in [-0.1, -0.05) is 0 Å².